The van der Waals surface area contributed by atoms with Gasteiger partial charge < -0.3 is 20.4 Å². The zero-order valence-corrected chi connectivity index (χ0v) is 10.4. The van der Waals surface area contributed by atoms with Crippen molar-refractivity contribution in [1.29, 1.82) is 0 Å². The average Bonchev–Trinajstić information content (AvgIpc) is 3.11. The van der Waals surface area contributed by atoms with Crippen molar-refractivity contribution in [2.45, 2.75) is 18.9 Å². The van der Waals surface area contributed by atoms with Crippen molar-refractivity contribution in [3.05, 3.63) is 23.8 Å². The predicted octanol–water partition coefficient (Wildman–Crippen LogP) is 0.922. The SMILES string of the molecule is CN(CCNC(=O)c1cc(O)cc(O)c1)C1CC1. The lowest BCUT2D eigenvalue weighted by Gasteiger charge is -2.15. The van der Waals surface area contributed by atoms with Crippen LogP contribution in [0.1, 0.15) is 23.2 Å². The summed E-state index contributed by atoms with van der Waals surface area (Å²) in [5, 5.41) is 21.3. The molecular formula is C13H18N2O3. The lowest BCUT2D eigenvalue weighted by Crippen LogP contribution is -2.33. The van der Waals surface area contributed by atoms with E-state index in [1.165, 1.54) is 31.0 Å². The summed E-state index contributed by atoms with van der Waals surface area (Å²) in [4.78, 5) is 14.0. The highest BCUT2D eigenvalue weighted by Crippen LogP contribution is 2.24. The van der Waals surface area contributed by atoms with Crippen LogP contribution in [0.2, 0.25) is 0 Å². The van der Waals surface area contributed by atoms with Crippen LogP contribution in [-0.2, 0) is 0 Å². The summed E-state index contributed by atoms with van der Waals surface area (Å²) < 4.78 is 0. The van der Waals surface area contributed by atoms with E-state index in [1.807, 2.05) is 7.05 Å². The van der Waals surface area contributed by atoms with Gasteiger partial charge in [0.05, 0.1) is 0 Å². The fraction of sp³-hybridized carbons (Fsp3) is 0.462. The van der Waals surface area contributed by atoms with Gasteiger partial charge in [0.1, 0.15) is 11.5 Å². The van der Waals surface area contributed by atoms with Crippen molar-refractivity contribution in [3.63, 3.8) is 0 Å². The highest BCUT2D eigenvalue weighted by Gasteiger charge is 2.25. The molecule has 3 N–H and O–H groups in total. The second kappa shape index (κ2) is 5.27. The molecule has 1 aliphatic carbocycles. The number of likely N-dealkylation sites (N-methyl/N-ethyl adjacent to an activating group) is 1. The summed E-state index contributed by atoms with van der Waals surface area (Å²) >= 11 is 0. The Balaban J connectivity index is 1.83. The van der Waals surface area contributed by atoms with Crippen LogP contribution < -0.4 is 5.32 Å². The predicted molar refractivity (Wildman–Crippen MR) is 67.8 cm³/mol. The Bertz CT molecular complexity index is 424. The van der Waals surface area contributed by atoms with Gasteiger partial charge in [-0.25, -0.2) is 0 Å². The number of rotatable bonds is 5. The maximum atomic E-state index is 11.8. The third-order valence-corrected chi connectivity index (χ3v) is 3.09. The van der Waals surface area contributed by atoms with Crippen molar-refractivity contribution in [1.82, 2.24) is 10.2 Å². The van der Waals surface area contributed by atoms with Gasteiger partial charge in [-0.15, -0.1) is 0 Å². The molecule has 0 atom stereocenters. The minimum absolute atomic E-state index is 0.116. The normalized spacial score (nSPS) is 14.8. The molecule has 0 heterocycles. The molecule has 2 rings (SSSR count). The molecule has 1 saturated carbocycles. The first-order valence-corrected chi connectivity index (χ1v) is 6.08. The second-order valence-electron chi connectivity index (χ2n) is 4.71. The first-order valence-electron chi connectivity index (χ1n) is 6.08. The molecule has 0 aromatic heterocycles. The number of nitrogens with one attached hydrogen (secondary N) is 1. The van der Waals surface area contributed by atoms with Gasteiger partial charge in [-0.05, 0) is 32.0 Å². The Hall–Kier alpha value is -1.75. The Morgan fingerprint density at radius 3 is 2.50 bits per heavy atom. The van der Waals surface area contributed by atoms with E-state index in [0.29, 0.717) is 12.6 Å². The van der Waals surface area contributed by atoms with Crippen molar-refractivity contribution >= 4 is 5.91 Å². The molecule has 0 unspecified atom stereocenters. The zero-order valence-electron chi connectivity index (χ0n) is 10.4. The molecule has 1 aromatic rings. The lowest BCUT2D eigenvalue weighted by molar-refractivity contribution is 0.0948. The molecule has 5 heteroatoms. The van der Waals surface area contributed by atoms with E-state index in [0.717, 1.165) is 6.54 Å². The summed E-state index contributed by atoms with van der Waals surface area (Å²) in [5.74, 6) is -0.518. The fourth-order valence-corrected chi connectivity index (χ4v) is 1.87. The molecule has 98 valence electrons. The molecule has 1 aliphatic rings. The molecule has 0 bridgehead atoms. The van der Waals surface area contributed by atoms with Crippen LogP contribution in [-0.4, -0.2) is 47.2 Å². The molecule has 1 amide bonds. The number of hydrogen-bond donors (Lipinski definition) is 3. The molecule has 5 nitrogen and oxygen atoms in total. The molecule has 0 aliphatic heterocycles. The second-order valence-corrected chi connectivity index (χ2v) is 4.71. The number of carbonyl (C=O) groups excluding carboxylic acids is 1. The van der Waals surface area contributed by atoms with Crippen LogP contribution in [0.25, 0.3) is 0 Å². The topological polar surface area (TPSA) is 72.8 Å². The molecule has 0 saturated heterocycles. The standard InChI is InChI=1S/C13H18N2O3/c1-15(10-2-3-10)5-4-14-13(18)9-6-11(16)8-12(17)7-9/h6-8,10,16-17H,2-5H2,1H3,(H,14,18). The summed E-state index contributed by atoms with van der Waals surface area (Å²) in [6, 6.07) is 4.53. The molecule has 0 spiro atoms. The Morgan fingerprint density at radius 2 is 1.94 bits per heavy atom. The summed E-state index contributed by atoms with van der Waals surface area (Å²) in [5.41, 5.74) is 0.265. The van der Waals surface area contributed by atoms with E-state index in [9.17, 15) is 15.0 Å². The van der Waals surface area contributed by atoms with Gasteiger partial charge >= 0.3 is 0 Å². The number of nitrogens with zero attached hydrogens (tertiary/aromatic N) is 1. The van der Waals surface area contributed by atoms with E-state index in [-0.39, 0.29) is 23.0 Å². The number of benzene rings is 1. The zero-order chi connectivity index (χ0) is 13.1. The Morgan fingerprint density at radius 1 is 1.33 bits per heavy atom. The van der Waals surface area contributed by atoms with Crippen LogP contribution >= 0.6 is 0 Å². The van der Waals surface area contributed by atoms with Crippen LogP contribution in [0.5, 0.6) is 11.5 Å². The smallest absolute Gasteiger partial charge is 0.251 e. The van der Waals surface area contributed by atoms with Gasteiger partial charge in [-0.1, -0.05) is 0 Å². The van der Waals surface area contributed by atoms with Crippen molar-refractivity contribution in [3.8, 4) is 11.5 Å². The fourth-order valence-electron chi connectivity index (χ4n) is 1.87. The van der Waals surface area contributed by atoms with E-state index in [1.54, 1.807) is 0 Å². The lowest BCUT2D eigenvalue weighted by atomic mass is 10.2. The molecule has 18 heavy (non-hydrogen) atoms. The van der Waals surface area contributed by atoms with Crippen LogP contribution in [0.4, 0.5) is 0 Å². The quantitative estimate of drug-likeness (QED) is 0.726. The van der Waals surface area contributed by atoms with Gasteiger partial charge in [0.2, 0.25) is 0 Å². The molecule has 1 fully saturated rings. The van der Waals surface area contributed by atoms with Gasteiger partial charge in [0.25, 0.3) is 5.91 Å². The first kappa shape index (κ1) is 12.7. The molecular weight excluding hydrogens is 232 g/mol. The highest BCUT2D eigenvalue weighted by atomic mass is 16.3. The number of phenolic OH excluding ortho intramolecular Hbond substituents is 2. The third-order valence-electron chi connectivity index (χ3n) is 3.09. The minimum atomic E-state index is -0.287. The van der Waals surface area contributed by atoms with E-state index in [4.69, 9.17) is 0 Å². The molecule has 1 aromatic carbocycles. The van der Waals surface area contributed by atoms with Crippen LogP contribution in [0.15, 0.2) is 18.2 Å². The van der Waals surface area contributed by atoms with Crippen LogP contribution in [0.3, 0.4) is 0 Å². The van der Waals surface area contributed by atoms with Crippen LogP contribution in [0, 0.1) is 0 Å². The maximum Gasteiger partial charge on any atom is 0.251 e. The minimum Gasteiger partial charge on any atom is -0.508 e. The molecule has 0 radical (unpaired) electrons. The number of phenols is 2. The summed E-state index contributed by atoms with van der Waals surface area (Å²) in [6.07, 6.45) is 2.48. The van der Waals surface area contributed by atoms with Crippen molar-refractivity contribution in [2.75, 3.05) is 20.1 Å². The van der Waals surface area contributed by atoms with E-state index < -0.39 is 0 Å². The van der Waals surface area contributed by atoms with Gasteiger partial charge in [0.15, 0.2) is 0 Å². The number of carbonyl (C=O) groups is 1. The van der Waals surface area contributed by atoms with Gasteiger partial charge in [0, 0.05) is 30.8 Å². The first-order chi connectivity index (χ1) is 8.56. The Kier molecular flexibility index (Phi) is 3.72. The third kappa shape index (κ3) is 3.37. The van der Waals surface area contributed by atoms with Gasteiger partial charge in [-0.3, -0.25) is 4.79 Å². The monoisotopic (exact) mass is 250 g/mol. The number of amides is 1. The van der Waals surface area contributed by atoms with Crippen molar-refractivity contribution in [2.24, 2.45) is 0 Å². The van der Waals surface area contributed by atoms with E-state index in [2.05, 4.69) is 10.2 Å². The van der Waals surface area contributed by atoms with Crippen molar-refractivity contribution < 1.29 is 15.0 Å². The largest absolute Gasteiger partial charge is 0.508 e. The Labute approximate surface area is 106 Å². The number of aromatic hydroxyl groups is 2. The van der Waals surface area contributed by atoms with Gasteiger partial charge in [-0.2, -0.15) is 0 Å². The van der Waals surface area contributed by atoms with E-state index >= 15 is 0 Å². The highest BCUT2D eigenvalue weighted by molar-refractivity contribution is 5.95. The summed E-state index contributed by atoms with van der Waals surface area (Å²) in [6.45, 7) is 1.36. The summed E-state index contributed by atoms with van der Waals surface area (Å²) in [7, 11) is 2.05. The number of hydrogen-bond acceptors (Lipinski definition) is 4. The maximum absolute atomic E-state index is 11.8. The average molecular weight is 250 g/mol.